The quantitative estimate of drug-likeness (QED) is 0.191. The average Bonchev–Trinajstić information content (AvgIpc) is 3.65. The molecule has 0 radical (unpaired) electrons. The number of rotatable bonds is 5. The lowest BCUT2D eigenvalue weighted by Crippen LogP contribution is -1.96. The lowest BCUT2D eigenvalue weighted by Gasteiger charge is -2.08. The van der Waals surface area contributed by atoms with Gasteiger partial charge >= 0.3 is 5.97 Å². The molecule has 0 saturated heterocycles. The Bertz CT molecular complexity index is 1780. The van der Waals surface area contributed by atoms with Crippen LogP contribution in [0, 0.1) is 11.3 Å². The molecule has 0 amide bonds. The van der Waals surface area contributed by atoms with Gasteiger partial charge in [-0.2, -0.15) is 5.26 Å². The van der Waals surface area contributed by atoms with E-state index in [0.717, 1.165) is 30.8 Å². The number of para-hydroxylation sites is 2. The number of nitrogens with zero attached hydrogens (tertiary/aromatic N) is 2. The van der Waals surface area contributed by atoms with E-state index < -0.39 is 5.97 Å². The van der Waals surface area contributed by atoms with E-state index in [1.807, 2.05) is 12.1 Å². The van der Waals surface area contributed by atoms with Gasteiger partial charge in [0.15, 0.2) is 0 Å². The van der Waals surface area contributed by atoms with Crippen LogP contribution in [-0.4, -0.2) is 15.6 Å². The number of hydrogen-bond acceptors (Lipinski definition) is 4. The highest BCUT2D eigenvalue weighted by Crippen LogP contribution is 2.39. The third kappa shape index (κ3) is 3.81. The summed E-state index contributed by atoms with van der Waals surface area (Å²) in [5.74, 6) is -1.21. The van der Waals surface area contributed by atoms with Crippen LogP contribution in [0.2, 0.25) is 0 Å². The van der Waals surface area contributed by atoms with Crippen molar-refractivity contribution in [2.24, 2.45) is 0 Å². The van der Waals surface area contributed by atoms with Gasteiger partial charge in [0.05, 0.1) is 11.0 Å². The van der Waals surface area contributed by atoms with E-state index in [-0.39, 0.29) is 5.57 Å². The molecule has 3 aromatic carbocycles. The van der Waals surface area contributed by atoms with Crippen molar-refractivity contribution in [1.82, 2.24) is 4.57 Å². The number of carboxylic acids is 1. The van der Waals surface area contributed by atoms with E-state index >= 15 is 0 Å². The topological polar surface area (TPSA) is 66.0 Å². The van der Waals surface area contributed by atoms with Crippen LogP contribution in [0.4, 0.5) is 0 Å². The van der Waals surface area contributed by atoms with Crippen molar-refractivity contribution < 1.29 is 9.90 Å². The van der Waals surface area contributed by atoms with E-state index in [1.165, 1.54) is 39.2 Å². The van der Waals surface area contributed by atoms with Gasteiger partial charge in [-0.1, -0.05) is 48.5 Å². The zero-order valence-corrected chi connectivity index (χ0v) is 20.5. The minimum absolute atomic E-state index is 0.265. The molecule has 6 heteroatoms. The molecule has 3 aromatic heterocycles. The molecular formula is C30H18N2O2S2. The van der Waals surface area contributed by atoms with Gasteiger partial charge in [-0.3, -0.25) is 0 Å². The highest BCUT2D eigenvalue weighted by molar-refractivity contribution is 7.24. The standard InChI is InChI=1S/C30H18N2O2S2/c31-18-20(30(33)34)17-22-13-14-28(35-22)29-16-15-27(36-29)19-9-11-21(12-10-19)32-25-7-3-1-5-23(25)24-6-2-4-8-26(24)32/h1-17H,(H,33,34)/b20-17+. The minimum Gasteiger partial charge on any atom is -0.477 e. The summed E-state index contributed by atoms with van der Waals surface area (Å²) in [7, 11) is 0. The molecule has 0 fully saturated rings. The van der Waals surface area contributed by atoms with E-state index in [4.69, 9.17) is 10.4 Å². The average molecular weight is 503 g/mol. The number of carboxylic acid groups (broad SMARTS) is 1. The summed E-state index contributed by atoms with van der Waals surface area (Å²) in [5, 5.41) is 20.6. The summed E-state index contributed by atoms with van der Waals surface area (Å²) >= 11 is 3.17. The van der Waals surface area contributed by atoms with Crippen molar-refractivity contribution in [3.8, 4) is 32.0 Å². The molecule has 0 saturated carbocycles. The Morgan fingerprint density at radius 2 is 1.33 bits per heavy atom. The predicted molar refractivity (Wildman–Crippen MR) is 149 cm³/mol. The number of nitriles is 1. The van der Waals surface area contributed by atoms with Gasteiger partial charge in [-0.25, -0.2) is 4.79 Å². The molecule has 3 heterocycles. The van der Waals surface area contributed by atoms with Crippen LogP contribution in [0.25, 0.3) is 53.8 Å². The van der Waals surface area contributed by atoms with Crippen LogP contribution >= 0.6 is 22.7 Å². The monoisotopic (exact) mass is 502 g/mol. The number of aromatic nitrogens is 1. The van der Waals surface area contributed by atoms with E-state index in [0.29, 0.717) is 0 Å². The van der Waals surface area contributed by atoms with Gasteiger partial charge in [-0.15, -0.1) is 22.7 Å². The largest absolute Gasteiger partial charge is 0.477 e. The van der Waals surface area contributed by atoms with Gasteiger partial charge in [0.1, 0.15) is 11.6 Å². The van der Waals surface area contributed by atoms with Crippen molar-refractivity contribution in [1.29, 1.82) is 5.26 Å². The maximum Gasteiger partial charge on any atom is 0.346 e. The van der Waals surface area contributed by atoms with Gasteiger partial charge in [0.25, 0.3) is 0 Å². The van der Waals surface area contributed by atoms with E-state index in [9.17, 15) is 4.79 Å². The molecule has 0 aliphatic carbocycles. The zero-order valence-electron chi connectivity index (χ0n) is 18.9. The Hall–Kier alpha value is -4.44. The molecule has 1 N–H and O–H groups in total. The van der Waals surface area contributed by atoms with Crippen LogP contribution in [0.15, 0.2) is 103 Å². The van der Waals surface area contributed by atoms with Crippen LogP contribution in [0.5, 0.6) is 0 Å². The highest BCUT2D eigenvalue weighted by atomic mass is 32.1. The smallest absolute Gasteiger partial charge is 0.346 e. The van der Waals surface area contributed by atoms with Crippen LogP contribution < -0.4 is 0 Å². The van der Waals surface area contributed by atoms with Crippen molar-refractivity contribution >= 4 is 56.5 Å². The molecular weight excluding hydrogens is 484 g/mol. The second-order valence-electron chi connectivity index (χ2n) is 8.26. The molecule has 0 aliphatic rings. The fourth-order valence-electron chi connectivity index (χ4n) is 4.45. The third-order valence-corrected chi connectivity index (χ3v) is 8.47. The summed E-state index contributed by atoms with van der Waals surface area (Å²) in [4.78, 5) is 15.2. The molecule has 0 bridgehead atoms. The lowest BCUT2D eigenvalue weighted by molar-refractivity contribution is -0.132. The SMILES string of the molecule is N#C/C(=C\c1ccc(-c2ccc(-c3ccc(-n4c5ccccc5c5ccccc54)cc3)s2)s1)C(=O)O. The number of benzene rings is 3. The highest BCUT2D eigenvalue weighted by Gasteiger charge is 2.13. The van der Waals surface area contributed by atoms with Gasteiger partial charge in [0, 0.05) is 36.0 Å². The molecule has 36 heavy (non-hydrogen) atoms. The molecule has 0 spiro atoms. The fraction of sp³-hybridized carbons (Fsp3) is 0. The Balaban J connectivity index is 1.32. The summed E-state index contributed by atoms with van der Waals surface area (Å²) in [5.41, 5.74) is 4.38. The van der Waals surface area contributed by atoms with Crippen LogP contribution in [0.3, 0.4) is 0 Å². The Morgan fingerprint density at radius 1 is 0.750 bits per heavy atom. The van der Waals surface area contributed by atoms with Gasteiger partial charge in [-0.05, 0) is 60.2 Å². The maximum atomic E-state index is 11.1. The Kier molecular flexibility index (Phi) is 5.49. The second-order valence-corrected chi connectivity index (χ2v) is 10.5. The molecule has 6 aromatic rings. The number of fused-ring (bicyclic) bond motifs is 3. The van der Waals surface area contributed by atoms with Crippen LogP contribution in [0.1, 0.15) is 4.88 Å². The lowest BCUT2D eigenvalue weighted by atomic mass is 10.1. The summed E-state index contributed by atoms with van der Waals surface area (Å²) in [6.07, 6.45) is 1.42. The minimum atomic E-state index is -1.21. The molecule has 0 atom stereocenters. The summed E-state index contributed by atoms with van der Waals surface area (Å²) < 4.78 is 2.31. The molecule has 4 nitrogen and oxygen atoms in total. The molecule has 172 valence electrons. The fourth-order valence-corrected chi connectivity index (χ4v) is 6.50. The van der Waals surface area contributed by atoms with Crippen molar-refractivity contribution in [2.45, 2.75) is 0 Å². The summed E-state index contributed by atoms with van der Waals surface area (Å²) in [6, 6.07) is 35.4. The van der Waals surface area contributed by atoms with Gasteiger partial charge in [0.2, 0.25) is 0 Å². The first-order valence-electron chi connectivity index (χ1n) is 11.3. The van der Waals surface area contributed by atoms with Crippen molar-refractivity contribution in [3.05, 3.63) is 108 Å². The van der Waals surface area contributed by atoms with Crippen molar-refractivity contribution in [3.63, 3.8) is 0 Å². The van der Waals surface area contributed by atoms with E-state index in [1.54, 1.807) is 17.4 Å². The van der Waals surface area contributed by atoms with Crippen LogP contribution in [-0.2, 0) is 4.79 Å². The normalized spacial score (nSPS) is 11.7. The van der Waals surface area contributed by atoms with Gasteiger partial charge < -0.3 is 9.67 Å². The number of thiophene rings is 2. The number of aliphatic carboxylic acids is 1. The third-order valence-electron chi connectivity index (χ3n) is 6.10. The zero-order chi connectivity index (χ0) is 24.6. The molecule has 6 rings (SSSR count). The molecule has 0 unspecified atom stereocenters. The first-order chi connectivity index (χ1) is 17.6. The number of carbonyl (C=O) groups is 1. The number of hydrogen-bond donors (Lipinski definition) is 1. The first kappa shape index (κ1) is 22.1. The Morgan fingerprint density at radius 3 is 1.97 bits per heavy atom. The van der Waals surface area contributed by atoms with E-state index in [2.05, 4.69) is 89.5 Å². The van der Waals surface area contributed by atoms with Crippen molar-refractivity contribution in [2.75, 3.05) is 0 Å². The second kappa shape index (κ2) is 8.97. The Labute approximate surface area is 215 Å². The predicted octanol–water partition coefficient (Wildman–Crippen LogP) is 8.23. The first-order valence-corrected chi connectivity index (χ1v) is 12.9. The maximum absolute atomic E-state index is 11.1. The summed E-state index contributed by atoms with van der Waals surface area (Å²) in [6.45, 7) is 0. The molecule has 0 aliphatic heterocycles.